The highest BCUT2D eigenvalue weighted by Crippen LogP contribution is 1.99. The third kappa shape index (κ3) is 10.8. The lowest BCUT2D eigenvalue weighted by Gasteiger charge is -1.91. The Morgan fingerprint density at radius 1 is 1.20 bits per heavy atom. The molecule has 0 radical (unpaired) electrons. The van der Waals surface area contributed by atoms with Crippen LogP contribution in [0.2, 0.25) is 0 Å². The smallest absolute Gasteiger partial charge is 0.176 e. The Morgan fingerprint density at radius 2 is 1.80 bits per heavy atom. The van der Waals surface area contributed by atoms with Gasteiger partial charge < -0.3 is 4.42 Å². The molecule has 0 unspecified atom stereocenters. The van der Waals surface area contributed by atoms with E-state index in [9.17, 15) is 0 Å². The maximum absolute atomic E-state index is 5.04. The summed E-state index contributed by atoms with van der Waals surface area (Å²) in [5.74, 6) is 8.21. The first kappa shape index (κ1) is 13.8. The van der Waals surface area contributed by atoms with Crippen molar-refractivity contribution in [1.29, 1.82) is 0 Å². The summed E-state index contributed by atoms with van der Waals surface area (Å²) in [5, 5.41) is 0. The molecular formula is C14H22O. The van der Waals surface area contributed by atoms with Crippen LogP contribution in [-0.4, -0.2) is 0 Å². The van der Waals surface area contributed by atoms with Crippen molar-refractivity contribution < 1.29 is 4.42 Å². The predicted octanol–water partition coefficient (Wildman–Crippen LogP) is 4.34. The van der Waals surface area contributed by atoms with Crippen molar-refractivity contribution in [2.24, 2.45) is 11.8 Å². The summed E-state index contributed by atoms with van der Waals surface area (Å²) >= 11 is 0. The maximum Gasteiger partial charge on any atom is 0.176 e. The molecule has 0 aliphatic rings. The van der Waals surface area contributed by atoms with Gasteiger partial charge in [-0.3, -0.25) is 0 Å². The molecule has 1 heteroatoms. The molecule has 1 aromatic heterocycles. The monoisotopic (exact) mass is 206 g/mol. The van der Waals surface area contributed by atoms with Gasteiger partial charge in [-0.25, -0.2) is 0 Å². The molecule has 0 N–H and O–H groups in total. The van der Waals surface area contributed by atoms with Gasteiger partial charge in [0.1, 0.15) is 0 Å². The molecule has 1 rings (SSSR count). The third-order valence-electron chi connectivity index (χ3n) is 1.24. The van der Waals surface area contributed by atoms with E-state index in [-0.39, 0.29) is 0 Å². The Kier molecular flexibility index (Phi) is 7.54. The number of hydrogen-bond acceptors (Lipinski definition) is 1. The van der Waals surface area contributed by atoms with Gasteiger partial charge in [-0.1, -0.05) is 40.5 Å². The van der Waals surface area contributed by atoms with Gasteiger partial charge in [-0.15, -0.1) is 0 Å². The van der Waals surface area contributed by atoms with E-state index in [1.165, 1.54) is 0 Å². The summed E-state index contributed by atoms with van der Waals surface area (Å²) in [4.78, 5) is 0. The third-order valence-corrected chi connectivity index (χ3v) is 1.24. The summed E-state index contributed by atoms with van der Waals surface area (Å²) in [6, 6.07) is 3.71. The molecule has 0 amide bonds. The fraction of sp³-hybridized carbons (Fsp3) is 0.571. The molecule has 0 aliphatic heterocycles. The van der Waals surface area contributed by atoms with E-state index in [0.717, 1.165) is 18.1 Å². The summed E-state index contributed by atoms with van der Waals surface area (Å²) in [7, 11) is 0. The van der Waals surface area contributed by atoms with Crippen molar-refractivity contribution in [2.75, 3.05) is 0 Å². The van der Waals surface area contributed by atoms with Crippen molar-refractivity contribution in [3.8, 4) is 11.8 Å². The zero-order chi connectivity index (χ0) is 11.7. The van der Waals surface area contributed by atoms with Crippen LogP contribution in [0.25, 0.3) is 0 Å². The van der Waals surface area contributed by atoms with Crippen LogP contribution in [0.15, 0.2) is 22.8 Å². The normalized spacial score (nSPS) is 9.27. The van der Waals surface area contributed by atoms with E-state index in [1.54, 1.807) is 6.26 Å². The van der Waals surface area contributed by atoms with Gasteiger partial charge in [0, 0.05) is 6.42 Å². The summed E-state index contributed by atoms with van der Waals surface area (Å²) in [5.41, 5.74) is 0. The van der Waals surface area contributed by atoms with Gasteiger partial charge in [0.2, 0.25) is 0 Å². The zero-order valence-electron chi connectivity index (χ0n) is 10.5. The van der Waals surface area contributed by atoms with Crippen LogP contribution in [0, 0.1) is 23.7 Å². The Bertz CT molecular complexity index is 280. The second-order valence-corrected chi connectivity index (χ2v) is 4.61. The highest BCUT2D eigenvalue weighted by molar-refractivity contribution is 5.24. The van der Waals surface area contributed by atoms with Crippen molar-refractivity contribution in [2.45, 2.75) is 41.0 Å². The largest absolute Gasteiger partial charge is 0.456 e. The number of rotatable bonds is 1. The van der Waals surface area contributed by atoms with Crippen LogP contribution in [-0.2, 0) is 0 Å². The minimum absolute atomic E-state index is 0.637. The second-order valence-electron chi connectivity index (χ2n) is 4.61. The molecule has 0 fully saturated rings. The molecule has 0 bridgehead atoms. The van der Waals surface area contributed by atoms with Crippen molar-refractivity contribution >= 4 is 0 Å². The van der Waals surface area contributed by atoms with Crippen molar-refractivity contribution in [1.82, 2.24) is 0 Å². The van der Waals surface area contributed by atoms with Crippen molar-refractivity contribution in [3.63, 3.8) is 0 Å². The van der Waals surface area contributed by atoms with E-state index >= 15 is 0 Å². The Hall–Kier alpha value is -1.16. The summed E-state index contributed by atoms with van der Waals surface area (Å²) in [6.45, 7) is 10.8. The molecule has 0 aromatic carbocycles. The molecule has 0 saturated carbocycles. The van der Waals surface area contributed by atoms with Gasteiger partial charge in [0.15, 0.2) is 5.76 Å². The Balaban J connectivity index is 0.000000423. The Labute approximate surface area is 93.9 Å². The van der Waals surface area contributed by atoms with Gasteiger partial charge in [-0.2, -0.15) is 0 Å². The first-order valence-corrected chi connectivity index (χ1v) is 5.54. The van der Waals surface area contributed by atoms with Gasteiger partial charge in [0.25, 0.3) is 0 Å². The van der Waals surface area contributed by atoms with Crippen LogP contribution in [0.5, 0.6) is 0 Å². The topological polar surface area (TPSA) is 13.1 Å². The van der Waals surface area contributed by atoms with E-state index in [0.29, 0.717) is 5.92 Å². The molecule has 84 valence electrons. The summed E-state index contributed by atoms with van der Waals surface area (Å²) in [6.07, 6.45) is 2.57. The lowest BCUT2D eigenvalue weighted by Crippen LogP contribution is -1.81. The number of furan rings is 1. The molecule has 1 nitrogen and oxygen atoms in total. The number of hydrogen-bond donors (Lipinski definition) is 0. The second kappa shape index (κ2) is 8.17. The lowest BCUT2D eigenvalue weighted by molar-refractivity contribution is 0.554. The van der Waals surface area contributed by atoms with E-state index < -0.39 is 0 Å². The molecule has 15 heavy (non-hydrogen) atoms. The van der Waals surface area contributed by atoms with Gasteiger partial charge in [0.05, 0.1) is 6.26 Å². The van der Waals surface area contributed by atoms with Crippen LogP contribution >= 0.6 is 0 Å². The van der Waals surface area contributed by atoms with Crippen LogP contribution in [0.4, 0.5) is 0 Å². The van der Waals surface area contributed by atoms with E-state index in [1.807, 2.05) is 12.1 Å². The Morgan fingerprint density at radius 3 is 2.20 bits per heavy atom. The van der Waals surface area contributed by atoms with Crippen molar-refractivity contribution in [3.05, 3.63) is 24.2 Å². The minimum atomic E-state index is 0.637. The quantitative estimate of drug-likeness (QED) is 0.623. The SMILES string of the molecule is CC(C)C.CC(C)CC#Cc1ccco1. The first-order valence-electron chi connectivity index (χ1n) is 5.54. The molecule has 0 spiro atoms. The fourth-order valence-electron chi connectivity index (χ4n) is 0.692. The molecule has 0 atom stereocenters. The van der Waals surface area contributed by atoms with Crippen LogP contribution in [0.1, 0.15) is 46.8 Å². The maximum atomic E-state index is 5.04. The molecule has 1 heterocycles. The van der Waals surface area contributed by atoms with E-state index in [4.69, 9.17) is 4.42 Å². The highest BCUT2D eigenvalue weighted by Gasteiger charge is 1.88. The molecule has 1 aromatic rings. The average Bonchev–Trinajstić information content (AvgIpc) is 2.54. The predicted molar refractivity (Wildman–Crippen MR) is 65.6 cm³/mol. The van der Waals surface area contributed by atoms with Crippen LogP contribution in [0.3, 0.4) is 0 Å². The van der Waals surface area contributed by atoms with Gasteiger partial charge >= 0.3 is 0 Å². The first-order chi connectivity index (χ1) is 7.02. The fourth-order valence-corrected chi connectivity index (χ4v) is 0.692. The highest BCUT2D eigenvalue weighted by atomic mass is 16.3. The van der Waals surface area contributed by atoms with Crippen LogP contribution < -0.4 is 0 Å². The molecule has 0 aliphatic carbocycles. The summed E-state index contributed by atoms with van der Waals surface area (Å²) < 4.78 is 5.04. The average molecular weight is 206 g/mol. The minimum Gasteiger partial charge on any atom is -0.456 e. The zero-order valence-corrected chi connectivity index (χ0v) is 10.5. The van der Waals surface area contributed by atoms with Gasteiger partial charge in [-0.05, 0) is 29.9 Å². The molecular weight excluding hydrogens is 184 g/mol. The van der Waals surface area contributed by atoms with E-state index in [2.05, 4.69) is 46.5 Å². The standard InChI is InChI=1S/C10H12O.C4H10/c1-9(2)5-3-6-10-7-4-8-11-10;1-4(2)3/h4,7-9H,5H2,1-2H3;4H,1-3H3. The molecule has 0 saturated heterocycles. The lowest BCUT2D eigenvalue weighted by atomic mass is 10.1.